The normalized spacial score (nSPS) is 10.9. The second-order valence-corrected chi connectivity index (χ2v) is 8.19. The van der Waals surface area contributed by atoms with Crippen LogP contribution in [0.1, 0.15) is 44.7 Å². The highest BCUT2D eigenvalue weighted by atomic mass is 19.1. The van der Waals surface area contributed by atoms with Crippen molar-refractivity contribution in [3.8, 4) is 33.8 Å². The molecule has 0 atom stereocenters. The second kappa shape index (κ2) is 9.17. The first-order chi connectivity index (χ1) is 14.3. The van der Waals surface area contributed by atoms with Gasteiger partial charge in [0.15, 0.2) is 11.6 Å². The van der Waals surface area contributed by atoms with Gasteiger partial charge in [0.05, 0.1) is 0 Å². The van der Waals surface area contributed by atoms with Crippen LogP contribution in [-0.4, -0.2) is 11.7 Å². The van der Waals surface area contributed by atoms with Crippen molar-refractivity contribution in [1.82, 2.24) is 0 Å². The summed E-state index contributed by atoms with van der Waals surface area (Å²) in [4.78, 5) is 0. The van der Waals surface area contributed by atoms with Crippen molar-refractivity contribution in [2.45, 2.75) is 40.5 Å². The summed E-state index contributed by atoms with van der Waals surface area (Å²) in [5, 5.41) is 9.61. The average Bonchev–Trinajstić information content (AvgIpc) is 2.69. The highest BCUT2D eigenvalue weighted by Gasteiger charge is 2.15. The van der Waals surface area contributed by atoms with E-state index in [-0.39, 0.29) is 17.3 Å². The average molecular weight is 405 g/mol. The summed E-state index contributed by atoms with van der Waals surface area (Å²) in [5.74, 6) is 0.451. The maximum atomic E-state index is 14.7. The van der Waals surface area contributed by atoms with Crippen LogP contribution in [0.5, 0.6) is 11.5 Å². The number of aryl methyl sites for hydroxylation is 1. The van der Waals surface area contributed by atoms with Crippen molar-refractivity contribution in [2.24, 2.45) is 0 Å². The van der Waals surface area contributed by atoms with E-state index >= 15 is 0 Å². The molecule has 0 aliphatic rings. The van der Waals surface area contributed by atoms with Crippen LogP contribution < -0.4 is 4.74 Å². The molecule has 0 unspecified atom stereocenters. The third-order valence-corrected chi connectivity index (χ3v) is 5.17. The van der Waals surface area contributed by atoms with Gasteiger partial charge in [-0.05, 0) is 90.4 Å². The van der Waals surface area contributed by atoms with Crippen molar-refractivity contribution < 1.29 is 14.2 Å². The van der Waals surface area contributed by atoms with Gasteiger partial charge in [-0.2, -0.15) is 0 Å². The van der Waals surface area contributed by atoms with Gasteiger partial charge in [0, 0.05) is 0 Å². The van der Waals surface area contributed by atoms with Crippen molar-refractivity contribution in [1.29, 1.82) is 0 Å². The molecule has 0 amide bonds. The molecule has 3 aromatic carbocycles. The van der Waals surface area contributed by atoms with Gasteiger partial charge in [-0.15, -0.1) is 0 Å². The van der Waals surface area contributed by atoms with Crippen LogP contribution in [0.2, 0.25) is 0 Å². The highest BCUT2D eigenvalue weighted by Crippen LogP contribution is 2.37. The standard InChI is InChI=1S/C27H29FO2/c1-17(2)12-13-30-27-11-8-21(15-26(27)28)24-16-23(18(3)4)25(14-19(24)5)20-6-9-22(29)10-7-20/h6-12,14-16,18,29H,13H2,1-5H3. The van der Waals surface area contributed by atoms with Crippen LogP contribution in [0.15, 0.2) is 66.2 Å². The van der Waals surface area contributed by atoms with Gasteiger partial charge in [0.25, 0.3) is 0 Å². The van der Waals surface area contributed by atoms with Crippen molar-refractivity contribution >= 4 is 0 Å². The van der Waals surface area contributed by atoms with Crippen molar-refractivity contribution in [3.05, 3.63) is 83.2 Å². The SMILES string of the molecule is CC(C)=CCOc1ccc(-c2cc(C(C)C)c(-c3ccc(O)cc3)cc2C)cc1F. The maximum Gasteiger partial charge on any atom is 0.165 e. The van der Waals surface area contributed by atoms with E-state index in [2.05, 4.69) is 26.0 Å². The first-order valence-electron chi connectivity index (χ1n) is 10.3. The lowest BCUT2D eigenvalue weighted by Crippen LogP contribution is -1.98. The largest absolute Gasteiger partial charge is 0.508 e. The van der Waals surface area contributed by atoms with E-state index in [4.69, 9.17) is 4.74 Å². The Hall–Kier alpha value is -3.07. The Morgan fingerprint density at radius 2 is 1.63 bits per heavy atom. The van der Waals surface area contributed by atoms with Crippen molar-refractivity contribution in [2.75, 3.05) is 6.61 Å². The molecule has 0 bridgehead atoms. The Morgan fingerprint density at radius 1 is 0.967 bits per heavy atom. The fourth-order valence-corrected chi connectivity index (χ4v) is 3.49. The van der Waals surface area contributed by atoms with E-state index < -0.39 is 0 Å². The molecule has 3 rings (SSSR count). The lowest BCUT2D eigenvalue weighted by atomic mass is 9.87. The Bertz CT molecular complexity index is 1060. The number of hydrogen-bond donors (Lipinski definition) is 1. The zero-order chi connectivity index (χ0) is 21.8. The van der Waals surface area contributed by atoms with Crippen LogP contribution in [0.25, 0.3) is 22.3 Å². The number of rotatable bonds is 6. The Balaban J connectivity index is 2.00. The number of hydrogen-bond acceptors (Lipinski definition) is 2. The van der Waals surface area contributed by atoms with Gasteiger partial charge in [-0.1, -0.05) is 49.8 Å². The molecule has 0 heterocycles. The third-order valence-electron chi connectivity index (χ3n) is 5.17. The molecule has 0 saturated carbocycles. The van der Waals surface area contributed by atoms with Gasteiger partial charge < -0.3 is 9.84 Å². The Kier molecular flexibility index (Phi) is 6.61. The topological polar surface area (TPSA) is 29.5 Å². The molecule has 0 aromatic heterocycles. The van der Waals surface area contributed by atoms with Gasteiger partial charge in [0.2, 0.25) is 0 Å². The summed E-state index contributed by atoms with van der Waals surface area (Å²) >= 11 is 0. The maximum absolute atomic E-state index is 14.7. The molecule has 156 valence electrons. The molecular weight excluding hydrogens is 375 g/mol. The summed E-state index contributed by atoms with van der Waals surface area (Å²) in [5.41, 5.74) is 7.42. The van der Waals surface area contributed by atoms with E-state index in [1.54, 1.807) is 24.3 Å². The molecule has 30 heavy (non-hydrogen) atoms. The van der Waals surface area contributed by atoms with E-state index in [9.17, 15) is 9.50 Å². The quantitative estimate of drug-likeness (QED) is 0.428. The van der Waals surface area contributed by atoms with Crippen LogP contribution in [0, 0.1) is 12.7 Å². The first kappa shape index (κ1) is 21.6. The summed E-state index contributed by atoms with van der Waals surface area (Å²) in [6.07, 6.45) is 1.93. The fraction of sp³-hybridized carbons (Fsp3) is 0.259. The molecule has 0 fully saturated rings. The van der Waals surface area contributed by atoms with Crippen molar-refractivity contribution in [3.63, 3.8) is 0 Å². The second-order valence-electron chi connectivity index (χ2n) is 8.19. The zero-order valence-electron chi connectivity index (χ0n) is 18.3. The molecule has 3 heteroatoms. The third kappa shape index (κ3) is 4.91. The Labute approximate surface area is 178 Å². The van der Waals surface area contributed by atoms with Gasteiger partial charge in [-0.3, -0.25) is 0 Å². The van der Waals surface area contributed by atoms with Gasteiger partial charge >= 0.3 is 0 Å². The monoisotopic (exact) mass is 404 g/mol. The van der Waals surface area contributed by atoms with E-state index in [0.717, 1.165) is 33.4 Å². The predicted octanol–water partition coefficient (Wildman–Crippen LogP) is 7.64. The van der Waals surface area contributed by atoms with E-state index in [1.165, 1.54) is 5.56 Å². The number of allylic oxidation sites excluding steroid dienone is 1. The van der Waals surface area contributed by atoms with Gasteiger partial charge in [0.1, 0.15) is 12.4 Å². The molecular formula is C27H29FO2. The molecule has 1 N–H and O–H groups in total. The lowest BCUT2D eigenvalue weighted by molar-refractivity contribution is 0.341. The molecule has 3 aromatic rings. The number of benzene rings is 3. The lowest BCUT2D eigenvalue weighted by Gasteiger charge is -2.18. The highest BCUT2D eigenvalue weighted by molar-refractivity contribution is 5.77. The number of ether oxygens (including phenoxy) is 1. The summed E-state index contributed by atoms with van der Waals surface area (Å²) in [7, 11) is 0. The van der Waals surface area contributed by atoms with Crippen LogP contribution >= 0.6 is 0 Å². The zero-order valence-corrected chi connectivity index (χ0v) is 18.3. The van der Waals surface area contributed by atoms with Crippen LogP contribution in [0.4, 0.5) is 4.39 Å². The molecule has 0 aliphatic heterocycles. The number of halogens is 1. The molecule has 0 aliphatic carbocycles. The first-order valence-corrected chi connectivity index (χ1v) is 10.3. The minimum atomic E-state index is -0.359. The smallest absolute Gasteiger partial charge is 0.165 e. The van der Waals surface area contributed by atoms with Gasteiger partial charge in [-0.25, -0.2) is 4.39 Å². The molecule has 0 radical (unpaired) electrons. The van der Waals surface area contributed by atoms with Crippen LogP contribution in [-0.2, 0) is 0 Å². The summed E-state index contributed by atoms with van der Waals surface area (Å²) in [6.45, 7) is 10.7. The summed E-state index contributed by atoms with van der Waals surface area (Å²) < 4.78 is 20.2. The molecule has 2 nitrogen and oxygen atoms in total. The molecule has 0 spiro atoms. The fourth-order valence-electron chi connectivity index (χ4n) is 3.49. The number of phenols is 1. The minimum Gasteiger partial charge on any atom is -0.508 e. The van der Waals surface area contributed by atoms with E-state index in [1.807, 2.05) is 45.0 Å². The Morgan fingerprint density at radius 3 is 2.23 bits per heavy atom. The van der Waals surface area contributed by atoms with E-state index in [0.29, 0.717) is 12.5 Å². The number of aromatic hydroxyl groups is 1. The predicted molar refractivity (Wildman–Crippen MR) is 123 cm³/mol. The van der Waals surface area contributed by atoms with Crippen LogP contribution in [0.3, 0.4) is 0 Å². The number of phenolic OH excluding ortho intramolecular Hbond substituents is 1. The minimum absolute atomic E-state index is 0.251. The molecule has 0 saturated heterocycles. The summed E-state index contributed by atoms with van der Waals surface area (Å²) in [6, 6.07) is 16.7.